The first kappa shape index (κ1) is 20.8. The molecule has 1 aliphatic heterocycles. The van der Waals surface area contributed by atoms with E-state index in [0.717, 1.165) is 6.26 Å². The molecule has 7 nitrogen and oxygen atoms in total. The van der Waals surface area contributed by atoms with Crippen LogP contribution in [0.4, 0.5) is 4.79 Å². The molecule has 0 aromatic heterocycles. The van der Waals surface area contributed by atoms with Crippen LogP contribution in [0.5, 0.6) is 5.75 Å². The molecule has 1 amide bonds. The Balaban J connectivity index is 2.08. The van der Waals surface area contributed by atoms with Crippen LogP contribution in [0.25, 0.3) is 0 Å². The number of benzene rings is 1. The van der Waals surface area contributed by atoms with E-state index in [0.29, 0.717) is 17.2 Å². The molecule has 0 aliphatic carbocycles. The Kier molecular flexibility index (Phi) is 6.42. The summed E-state index contributed by atoms with van der Waals surface area (Å²) in [6.45, 7) is 5.44. The summed E-state index contributed by atoms with van der Waals surface area (Å²) in [5.41, 5.74) is -0.658. The zero-order valence-electron chi connectivity index (χ0n) is 15.3. The minimum atomic E-state index is -3.61. The van der Waals surface area contributed by atoms with E-state index >= 15 is 0 Å². The fourth-order valence-electron chi connectivity index (χ4n) is 2.57. The maximum atomic E-state index is 12.5. The van der Waals surface area contributed by atoms with Gasteiger partial charge in [-0.05, 0) is 45.0 Å². The Bertz CT molecular complexity index is 729. The SMILES string of the molecule is CC(C)(C)OC(=O)N1C[C@@H](Oc2ccc(Cl)cc2)C[C@H]1COS(C)(=O)=O. The fourth-order valence-corrected chi connectivity index (χ4v) is 3.10. The lowest BCUT2D eigenvalue weighted by molar-refractivity contribution is 0.0178. The Labute approximate surface area is 159 Å². The van der Waals surface area contributed by atoms with Gasteiger partial charge < -0.3 is 9.47 Å². The molecule has 1 fully saturated rings. The molecule has 0 N–H and O–H groups in total. The summed E-state index contributed by atoms with van der Waals surface area (Å²) in [7, 11) is -3.61. The van der Waals surface area contributed by atoms with E-state index < -0.39 is 27.9 Å². The number of hydrogen-bond donors (Lipinski definition) is 0. The van der Waals surface area contributed by atoms with E-state index in [1.807, 2.05) is 0 Å². The number of amides is 1. The third kappa shape index (κ3) is 6.66. The second kappa shape index (κ2) is 8.02. The number of halogens is 1. The van der Waals surface area contributed by atoms with Gasteiger partial charge >= 0.3 is 6.09 Å². The van der Waals surface area contributed by atoms with Crippen molar-refractivity contribution in [3.8, 4) is 5.75 Å². The van der Waals surface area contributed by atoms with Gasteiger partial charge in [0.1, 0.15) is 17.5 Å². The largest absolute Gasteiger partial charge is 0.489 e. The van der Waals surface area contributed by atoms with Gasteiger partial charge in [-0.15, -0.1) is 0 Å². The molecule has 0 bridgehead atoms. The van der Waals surface area contributed by atoms with Crippen molar-refractivity contribution in [2.24, 2.45) is 0 Å². The van der Waals surface area contributed by atoms with Gasteiger partial charge in [0.05, 0.1) is 25.4 Å². The van der Waals surface area contributed by atoms with Crippen LogP contribution in [0.2, 0.25) is 5.02 Å². The highest BCUT2D eigenvalue weighted by Crippen LogP contribution is 2.26. The number of nitrogens with zero attached hydrogens (tertiary/aromatic N) is 1. The molecule has 2 rings (SSSR count). The summed E-state index contributed by atoms with van der Waals surface area (Å²) in [5.74, 6) is 0.619. The van der Waals surface area contributed by atoms with Gasteiger partial charge in [-0.1, -0.05) is 11.6 Å². The molecule has 1 aliphatic rings. The van der Waals surface area contributed by atoms with Gasteiger partial charge in [0.2, 0.25) is 0 Å². The van der Waals surface area contributed by atoms with Gasteiger partial charge in [0.25, 0.3) is 10.1 Å². The van der Waals surface area contributed by atoms with Crippen LogP contribution >= 0.6 is 11.6 Å². The van der Waals surface area contributed by atoms with Crippen molar-refractivity contribution in [3.63, 3.8) is 0 Å². The molecule has 0 spiro atoms. The maximum absolute atomic E-state index is 12.5. The molecule has 1 aromatic rings. The number of ether oxygens (including phenoxy) is 2. The second-order valence-corrected chi connectivity index (χ2v) is 9.29. The second-order valence-electron chi connectivity index (χ2n) is 7.20. The fraction of sp³-hybridized carbons (Fsp3) is 0.588. The number of hydrogen-bond acceptors (Lipinski definition) is 6. The van der Waals surface area contributed by atoms with Crippen LogP contribution in [-0.2, 0) is 19.0 Å². The van der Waals surface area contributed by atoms with Crippen LogP contribution < -0.4 is 4.74 Å². The highest BCUT2D eigenvalue weighted by atomic mass is 35.5. The maximum Gasteiger partial charge on any atom is 0.410 e. The van der Waals surface area contributed by atoms with Crippen molar-refractivity contribution in [2.45, 2.75) is 44.9 Å². The van der Waals surface area contributed by atoms with E-state index in [4.69, 9.17) is 25.3 Å². The smallest absolute Gasteiger partial charge is 0.410 e. The first-order chi connectivity index (χ1) is 11.9. The van der Waals surface area contributed by atoms with E-state index in [9.17, 15) is 13.2 Å². The van der Waals surface area contributed by atoms with Crippen LogP contribution in [0.1, 0.15) is 27.2 Å². The van der Waals surface area contributed by atoms with Crippen molar-refractivity contribution >= 4 is 27.8 Å². The molecule has 26 heavy (non-hydrogen) atoms. The number of rotatable bonds is 5. The van der Waals surface area contributed by atoms with Gasteiger partial charge in [-0.2, -0.15) is 8.42 Å². The monoisotopic (exact) mass is 405 g/mol. The average molecular weight is 406 g/mol. The molecular weight excluding hydrogens is 382 g/mol. The molecule has 9 heteroatoms. The van der Waals surface area contributed by atoms with Crippen molar-refractivity contribution < 1.29 is 26.9 Å². The standard InChI is InChI=1S/C17H24ClNO6S/c1-17(2,3)25-16(20)19-10-15(9-13(19)11-23-26(4,21)22)24-14-7-5-12(18)6-8-14/h5-8,13,15H,9-11H2,1-4H3/t13-,15-/m0/s1. The van der Waals surface area contributed by atoms with Crippen LogP contribution in [-0.4, -0.2) is 56.6 Å². The normalized spacial score (nSPS) is 20.9. The lowest BCUT2D eigenvalue weighted by atomic mass is 10.2. The van der Waals surface area contributed by atoms with Crippen LogP contribution in [0.15, 0.2) is 24.3 Å². The van der Waals surface area contributed by atoms with Gasteiger partial charge in [-0.25, -0.2) is 4.79 Å². The summed E-state index contributed by atoms with van der Waals surface area (Å²) in [6, 6.07) is 6.43. The summed E-state index contributed by atoms with van der Waals surface area (Å²) in [5, 5.41) is 0.596. The highest BCUT2D eigenvalue weighted by molar-refractivity contribution is 7.85. The molecule has 1 heterocycles. The number of carbonyl (C=O) groups is 1. The zero-order valence-corrected chi connectivity index (χ0v) is 16.8. The molecule has 0 unspecified atom stereocenters. The van der Waals surface area contributed by atoms with Crippen molar-refractivity contribution in [1.82, 2.24) is 4.90 Å². The van der Waals surface area contributed by atoms with E-state index in [2.05, 4.69) is 0 Å². The molecule has 1 aromatic carbocycles. The first-order valence-corrected chi connectivity index (χ1v) is 10.4. The quantitative estimate of drug-likeness (QED) is 0.700. The van der Waals surface area contributed by atoms with Crippen molar-refractivity contribution in [2.75, 3.05) is 19.4 Å². The Morgan fingerprint density at radius 1 is 1.27 bits per heavy atom. The van der Waals surface area contributed by atoms with Gasteiger partial charge in [0.15, 0.2) is 0 Å². The summed E-state index contributed by atoms with van der Waals surface area (Å²) in [6.07, 6.45) is 0.567. The van der Waals surface area contributed by atoms with Gasteiger partial charge in [-0.3, -0.25) is 9.08 Å². The zero-order chi connectivity index (χ0) is 19.5. The number of carbonyl (C=O) groups excluding carboxylic acids is 1. The molecule has 2 atom stereocenters. The first-order valence-electron chi connectivity index (χ1n) is 8.19. The van der Waals surface area contributed by atoms with Crippen LogP contribution in [0.3, 0.4) is 0 Å². The summed E-state index contributed by atoms with van der Waals surface area (Å²) >= 11 is 5.86. The van der Waals surface area contributed by atoms with Crippen molar-refractivity contribution in [1.29, 1.82) is 0 Å². The van der Waals surface area contributed by atoms with Crippen molar-refractivity contribution in [3.05, 3.63) is 29.3 Å². The summed E-state index contributed by atoms with van der Waals surface area (Å²) < 4.78 is 38.8. The minimum absolute atomic E-state index is 0.140. The number of likely N-dealkylation sites (tertiary alicyclic amines) is 1. The van der Waals surface area contributed by atoms with Gasteiger partial charge in [0, 0.05) is 11.4 Å². The topological polar surface area (TPSA) is 82.1 Å². The lowest BCUT2D eigenvalue weighted by Gasteiger charge is -2.28. The van der Waals surface area contributed by atoms with Crippen LogP contribution in [0, 0.1) is 0 Å². The third-order valence-electron chi connectivity index (χ3n) is 3.59. The Morgan fingerprint density at radius 3 is 2.42 bits per heavy atom. The molecule has 1 saturated heterocycles. The molecular formula is C17H24ClNO6S. The Morgan fingerprint density at radius 2 is 1.88 bits per heavy atom. The predicted molar refractivity (Wildman–Crippen MR) is 98.0 cm³/mol. The average Bonchev–Trinajstić information content (AvgIpc) is 2.88. The highest BCUT2D eigenvalue weighted by Gasteiger charge is 2.39. The summed E-state index contributed by atoms with van der Waals surface area (Å²) in [4.78, 5) is 13.9. The predicted octanol–water partition coefficient (Wildman–Crippen LogP) is 3.07. The molecule has 0 radical (unpaired) electrons. The van der Waals surface area contributed by atoms with E-state index in [1.165, 1.54) is 4.90 Å². The lowest BCUT2D eigenvalue weighted by Crippen LogP contribution is -2.42. The Hall–Kier alpha value is -1.51. The van der Waals surface area contributed by atoms with E-state index in [-0.39, 0.29) is 19.3 Å². The molecule has 0 saturated carbocycles. The van der Waals surface area contributed by atoms with E-state index in [1.54, 1.807) is 45.0 Å². The molecule has 146 valence electrons. The third-order valence-corrected chi connectivity index (χ3v) is 4.41. The minimum Gasteiger partial charge on any atom is -0.489 e.